The molecule has 2 heterocycles. The normalized spacial score (nSPS) is 19.8. The fraction of sp³-hybridized carbons (Fsp3) is 0.364. The molecule has 2 aliphatic heterocycles. The maximum atomic E-state index is 13.3. The minimum absolute atomic E-state index is 0.0647. The number of carbonyl (C=O) groups excluding carboxylic acids is 2. The standard InChI is InChI=1S/C22H24FN3O2/c23-17-5-4-6-18(14-17)24-22(28)16-13-21(27)26(15-16)20-9-7-19(8-10-20)25-11-2-1-3-12-25/h4-10,14,16H,1-3,11-13,15H2,(H,24,28). The van der Waals surface area contributed by atoms with Gasteiger partial charge in [0.25, 0.3) is 0 Å². The van der Waals surface area contributed by atoms with Gasteiger partial charge in [0.15, 0.2) is 0 Å². The molecule has 2 aromatic rings. The van der Waals surface area contributed by atoms with Gasteiger partial charge in [-0.15, -0.1) is 0 Å². The molecule has 28 heavy (non-hydrogen) atoms. The highest BCUT2D eigenvalue weighted by Crippen LogP contribution is 2.29. The van der Waals surface area contributed by atoms with Gasteiger partial charge in [0.2, 0.25) is 11.8 Å². The van der Waals surface area contributed by atoms with E-state index in [2.05, 4.69) is 10.2 Å². The van der Waals surface area contributed by atoms with Gasteiger partial charge in [-0.25, -0.2) is 4.39 Å². The van der Waals surface area contributed by atoms with Gasteiger partial charge >= 0.3 is 0 Å². The van der Waals surface area contributed by atoms with Crippen LogP contribution in [-0.4, -0.2) is 31.4 Å². The van der Waals surface area contributed by atoms with E-state index in [0.717, 1.165) is 18.8 Å². The molecule has 0 radical (unpaired) electrons. The molecule has 2 aliphatic rings. The highest BCUT2D eigenvalue weighted by Gasteiger charge is 2.35. The summed E-state index contributed by atoms with van der Waals surface area (Å²) >= 11 is 0. The quantitative estimate of drug-likeness (QED) is 0.876. The Bertz CT molecular complexity index is 862. The summed E-state index contributed by atoms with van der Waals surface area (Å²) in [5, 5.41) is 2.70. The summed E-state index contributed by atoms with van der Waals surface area (Å²) in [6.07, 6.45) is 3.88. The molecule has 0 saturated carbocycles. The number of rotatable bonds is 4. The number of hydrogen-bond acceptors (Lipinski definition) is 3. The lowest BCUT2D eigenvalue weighted by Gasteiger charge is -2.29. The third-order valence-electron chi connectivity index (χ3n) is 5.47. The Morgan fingerprint density at radius 1 is 1.00 bits per heavy atom. The predicted octanol–water partition coefficient (Wildman–Crippen LogP) is 3.81. The Morgan fingerprint density at radius 2 is 1.71 bits per heavy atom. The molecule has 0 spiro atoms. The molecule has 6 heteroatoms. The van der Waals surface area contributed by atoms with Crippen molar-refractivity contribution in [3.8, 4) is 0 Å². The summed E-state index contributed by atoms with van der Waals surface area (Å²) in [4.78, 5) is 29.0. The van der Waals surface area contributed by atoms with Crippen molar-refractivity contribution in [1.29, 1.82) is 0 Å². The third-order valence-corrected chi connectivity index (χ3v) is 5.47. The molecule has 0 aliphatic carbocycles. The molecule has 2 fully saturated rings. The van der Waals surface area contributed by atoms with Gasteiger partial charge in [-0.3, -0.25) is 9.59 Å². The van der Waals surface area contributed by atoms with Crippen LogP contribution in [0, 0.1) is 11.7 Å². The third kappa shape index (κ3) is 4.01. The van der Waals surface area contributed by atoms with E-state index in [0.29, 0.717) is 12.2 Å². The lowest BCUT2D eigenvalue weighted by atomic mass is 10.1. The fourth-order valence-corrected chi connectivity index (χ4v) is 3.94. The number of amides is 2. The minimum atomic E-state index is -0.447. The molecular formula is C22H24FN3O2. The van der Waals surface area contributed by atoms with Gasteiger partial charge in [-0.2, -0.15) is 0 Å². The Hall–Kier alpha value is -2.89. The van der Waals surface area contributed by atoms with Crippen LogP contribution in [0.2, 0.25) is 0 Å². The second-order valence-corrected chi connectivity index (χ2v) is 7.47. The Balaban J connectivity index is 1.40. The first-order valence-electron chi connectivity index (χ1n) is 9.82. The van der Waals surface area contributed by atoms with Crippen LogP contribution >= 0.6 is 0 Å². The molecule has 5 nitrogen and oxygen atoms in total. The van der Waals surface area contributed by atoms with E-state index in [1.54, 1.807) is 17.0 Å². The first-order chi connectivity index (χ1) is 13.6. The maximum absolute atomic E-state index is 13.3. The van der Waals surface area contributed by atoms with E-state index >= 15 is 0 Å². The number of anilines is 3. The summed E-state index contributed by atoms with van der Waals surface area (Å²) in [6.45, 7) is 2.48. The van der Waals surface area contributed by atoms with E-state index in [1.807, 2.05) is 24.3 Å². The van der Waals surface area contributed by atoms with Crippen molar-refractivity contribution in [3.63, 3.8) is 0 Å². The lowest BCUT2D eigenvalue weighted by molar-refractivity contribution is -0.122. The lowest BCUT2D eigenvalue weighted by Crippen LogP contribution is -2.30. The summed E-state index contributed by atoms with van der Waals surface area (Å²) in [6, 6.07) is 13.8. The second kappa shape index (κ2) is 8.00. The van der Waals surface area contributed by atoms with Crippen molar-refractivity contribution in [2.24, 2.45) is 5.92 Å². The van der Waals surface area contributed by atoms with Crippen molar-refractivity contribution in [1.82, 2.24) is 0 Å². The Kier molecular flexibility index (Phi) is 5.28. The Morgan fingerprint density at radius 3 is 2.43 bits per heavy atom. The summed E-state index contributed by atoms with van der Waals surface area (Å²) in [5.41, 5.74) is 2.39. The van der Waals surface area contributed by atoms with E-state index in [1.165, 1.54) is 37.1 Å². The van der Waals surface area contributed by atoms with Crippen LogP contribution < -0.4 is 15.1 Å². The van der Waals surface area contributed by atoms with Crippen LogP contribution in [0.25, 0.3) is 0 Å². The topological polar surface area (TPSA) is 52.7 Å². The van der Waals surface area contributed by atoms with Crippen LogP contribution in [0.3, 0.4) is 0 Å². The largest absolute Gasteiger partial charge is 0.372 e. The summed E-state index contributed by atoms with van der Waals surface area (Å²) < 4.78 is 13.3. The highest BCUT2D eigenvalue weighted by molar-refractivity contribution is 6.03. The molecule has 2 saturated heterocycles. The van der Waals surface area contributed by atoms with Crippen LogP contribution in [0.15, 0.2) is 48.5 Å². The van der Waals surface area contributed by atoms with Crippen LogP contribution in [0.4, 0.5) is 21.5 Å². The van der Waals surface area contributed by atoms with E-state index < -0.39 is 11.7 Å². The van der Waals surface area contributed by atoms with Crippen molar-refractivity contribution >= 4 is 28.9 Å². The zero-order chi connectivity index (χ0) is 19.5. The van der Waals surface area contributed by atoms with Crippen molar-refractivity contribution in [2.45, 2.75) is 25.7 Å². The van der Waals surface area contributed by atoms with Gasteiger partial charge in [-0.1, -0.05) is 6.07 Å². The zero-order valence-corrected chi connectivity index (χ0v) is 15.7. The van der Waals surface area contributed by atoms with Crippen LogP contribution in [0.1, 0.15) is 25.7 Å². The molecule has 1 atom stereocenters. The number of nitrogens with one attached hydrogen (secondary N) is 1. The first kappa shape index (κ1) is 18.5. The maximum Gasteiger partial charge on any atom is 0.229 e. The molecule has 2 aromatic carbocycles. The number of halogens is 1. The fourth-order valence-electron chi connectivity index (χ4n) is 3.94. The van der Waals surface area contributed by atoms with Crippen molar-refractivity contribution in [3.05, 3.63) is 54.3 Å². The molecule has 0 bridgehead atoms. The SMILES string of the molecule is O=C(Nc1cccc(F)c1)C1CC(=O)N(c2ccc(N3CCCCC3)cc2)C1. The molecule has 1 N–H and O–H groups in total. The number of nitrogens with zero attached hydrogens (tertiary/aromatic N) is 2. The van der Waals surface area contributed by atoms with Crippen molar-refractivity contribution < 1.29 is 14.0 Å². The molecule has 2 amide bonds. The van der Waals surface area contributed by atoms with Crippen LogP contribution in [-0.2, 0) is 9.59 Å². The Labute approximate surface area is 164 Å². The summed E-state index contributed by atoms with van der Waals surface area (Å²) in [7, 11) is 0. The number of carbonyl (C=O) groups is 2. The average Bonchev–Trinajstić information content (AvgIpc) is 3.11. The number of hydrogen-bond donors (Lipinski definition) is 1. The molecule has 146 valence electrons. The summed E-state index contributed by atoms with van der Waals surface area (Å²) in [5.74, 6) is -1.18. The van der Waals surface area contributed by atoms with E-state index in [-0.39, 0.29) is 18.2 Å². The van der Waals surface area contributed by atoms with E-state index in [9.17, 15) is 14.0 Å². The van der Waals surface area contributed by atoms with Crippen molar-refractivity contribution in [2.75, 3.05) is 34.8 Å². The number of benzene rings is 2. The van der Waals surface area contributed by atoms with Gasteiger partial charge < -0.3 is 15.1 Å². The predicted molar refractivity (Wildman–Crippen MR) is 108 cm³/mol. The van der Waals surface area contributed by atoms with E-state index in [4.69, 9.17) is 0 Å². The second-order valence-electron chi connectivity index (χ2n) is 7.47. The minimum Gasteiger partial charge on any atom is -0.372 e. The molecule has 4 rings (SSSR count). The number of piperidine rings is 1. The van der Waals surface area contributed by atoms with Gasteiger partial charge in [-0.05, 0) is 61.7 Å². The first-order valence-corrected chi connectivity index (χ1v) is 9.82. The molecule has 0 aromatic heterocycles. The highest BCUT2D eigenvalue weighted by atomic mass is 19.1. The smallest absolute Gasteiger partial charge is 0.229 e. The molecular weight excluding hydrogens is 357 g/mol. The zero-order valence-electron chi connectivity index (χ0n) is 15.7. The average molecular weight is 381 g/mol. The van der Waals surface area contributed by atoms with Gasteiger partial charge in [0.1, 0.15) is 5.82 Å². The molecule has 1 unspecified atom stereocenters. The van der Waals surface area contributed by atoms with Gasteiger partial charge in [0, 0.05) is 43.1 Å². The monoisotopic (exact) mass is 381 g/mol. The van der Waals surface area contributed by atoms with Crippen LogP contribution in [0.5, 0.6) is 0 Å². The van der Waals surface area contributed by atoms with Gasteiger partial charge in [0.05, 0.1) is 5.92 Å².